The second kappa shape index (κ2) is 6.00. The maximum Gasteiger partial charge on any atom is 0.218 e. The first-order valence-corrected chi connectivity index (χ1v) is 6.72. The summed E-state index contributed by atoms with van der Waals surface area (Å²) in [5.74, 6) is 0.413. The largest absolute Gasteiger partial charge is 0.370 e. The highest BCUT2D eigenvalue weighted by Crippen LogP contribution is 2.27. The van der Waals surface area contributed by atoms with Crippen LogP contribution in [0.15, 0.2) is 12.4 Å². The SMILES string of the molecule is CCn1cc(C2CCN(CCC(N)=O)CC2)cn1. The molecule has 0 aliphatic carbocycles. The molecular formula is C13H22N4O. The van der Waals surface area contributed by atoms with Gasteiger partial charge in [-0.3, -0.25) is 9.48 Å². The molecule has 1 aliphatic rings. The lowest BCUT2D eigenvalue weighted by Crippen LogP contribution is -2.35. The Hall–Kier alpha value is -1.36. The van der Waals surface area contributed by atoms with Crippen LogP contribution >= 0.6 is 0 Å². The number of aromatic nitrogens is 2. The standard InChI is InChI=1S/C13H22N4O/c1-2-17-10-12(9-15-17)11-3-6-16(7-4-11)8-5-13(14)18/h9-11H,2-8H2,1H3,(H2,14,18). The molecule has 0 radical (unpaired) electrons. The summed E-state index contributed by atoms with van der Waals surface area (Å²) >= 11 is 0. The van der Waals surface area contributed by atoms with Crippen molar-refractivity contribution in [2.24, 2.45) is 5.73 Å². The van der Waals surface area contributed by atoms with E-state index in [9.17, 15) is 4.79 Å². The number of likely N-dealkylation sites (tertiary alicyclic amines) is 1. The summed E-state index contributed by atoms with van der Waals surface area (Å²) in [4.78, 5) is 13.1. The molecule has 1 aliphatic heterocycles. The number of primary amides is 1. The van der Waals surface area contributed by atoms with Gasteiger partial charge in [-0.2, -0.15) is 5.10 Å². The summed E-state index contributed by atoms with van der Waals surface area (Å²) in [5.41, 5.74) is 6.52. The highest BCUT2D eigenvalue weighted by Gasteiger charge is 2.21. The molecule has 18 heavy (non-hydrogen) atoms. The number of piperidine rings is 1. The zero-order valence-corrected chi connectivity index (χ0v) is 11.0. The highest BCUT2D eigenvalue weighted by atomic mass is 16.1. The second-order valence-electron chi connectivity index (χ2n) is 4.96. The van der Waals surface area contributed by atoms with Crippen molar-refractivity contribution < 1.29 is 4.79 Å². The van der Waals surface area contributed by atoms with Crippen LogP contribution in [0.25, 0.3) is 0 Å². The minimum absolute atomic E-state index is 0.207. The minimum atomic E-state index is -0.207. The summed E-state index contributed by atoms with van der Waals surface area (Å²) in [7, 11) is 0. The van der Waals surface area contributed by atoms with Crippen molar-refractivity contribution in [3.63, 3.8) is 0 Å². The second-order valence-corrected chi connectivity index (χ2v) is 4.96. The monoisotopic (exact) mass is 250 g/mol. The number of hydrogen-bond donors (Lipinski definition) is 1. The molecule has 0 bridgehead atoms. The van der Waals surface area contributed by atoms with Gasteiger partial charge in [0.15, 0.2) is 0 Å². The fraction of sp³-hybridized carbons (Fsp3) is 0.692. The third kappa shape index (κ3) is 3.32. The van der Waals surface area contributed by atoms with Crippen LogP contribution in [-0.2, 0) is 11.3 Å². The Balaban J connectivity index is 1.81. The van der Waals surface area contributed by atoms with Gasteiger partial charge in [-0.25, -0.2) is 0 Å². The smallest absolute Gasteiger partial charge is 0.218 e. The number of nitrogens with two attached hydrogens (primary N) is 1. The van der Waals surface area contributed by atoms with Gasteiger partial charge in [0, 0.05) is 25.7 Å². The van der Waals surface area contributed by atoms with Crippen molar-refractivity contribution in [2.45, 2.75) is 38.6 Å². The molecule has 5 heteroatoms. The average molecular weight is 250 g/mol. The lowest BCUT2D eigenvalue weighted by Gasteiger charge is -2.31. The Bertz CT molecular complexity index is 393. The van der Waals surface area contributed by atoms with Crippen molar-refractivity contribution in [1.82, 2.24) is 14.7 Å². The van der Waals surface area contributed by atoms with E-state index >= 15 is 0 Å². The molecule has 1 aromatic heterocycles. The molecule has 5 nitrogen and oxygen atoms in total. The summed E-state index contributed by atoms with van der Waals surface area (Å²) in [5, 5.41) is 4.33. The molecule has 0 saturated carbocycles. The van der Waals surface area contributed by atoms with E-state index in [2.05, 4.69) is 23.1 Å². The molecular weight excluding hydrogens is 228 g/mol. The number of hydrogen-bond acceptors (Lipinski definition) is 3. The normalized spacial score (nSPS) is 18.1. The molecule has 0 spiro atoms. The van der Waals surface area contributed by atoms with Crippen molar-refractivity contribution >= 4 is 5.91 Å². The van der Waals surface area contributed by atoms with Gasteiger partial charge in [-0.15, -0.1) is 0 Å². The van der Waals surface area contributed by atoms with Crippen molar-refractivity contribution in [3.8, 4) is 0 Å². The zero-order valence-electron chi connectivity index (χ0n) is 11.0. The summed E-state index contributed by atoms with van der Waals surface area (Å²) in [6, 6.07) is 0. The van der Waals surface area contributed by atoms with E-state index in [-0.39, 0.29) is 5.91 Å². The van der Waals surface area contributed by atoms with Crippen LogP contribution in [0.4, 0.5) is 0 Å². The van der Waals surface area contributed by atoms with Crippen LogP contribution in [0.5, 0.6) is 0 Å². The van der Waals surface area contributed by atoms with Crippen molar-refractivity contribution in [2.75, 3.05) is 19.6 Å². The average Bonchev–Trinajstić information content (AvgIpc) is 2.85. The van der Waals surface area contributed by atoms with Crippen molar-refractivity contribution in [1.29, 1.82) is 0 Å². The van der Waals surface area contributed by atoms with Gasteiger partial charge in [-0.05, 0) is 44.3 Å². The topological polar surface area (TPSA) is 64.2 Å². The summed E-state index contributed by atoms with van der Waals surface area (Å²) in [6.07, 6.45) is 6.91. The molecule has 2 heterocycles. The summed E-state index contributed by atoms with van der Waals surface area (Å²) < 4.78 is 1.98. The van der Waals surface area contributed by atoms with Gasteiger partial charge >= 0.3 is 0 Å². The molecule has 2 N–H and O–H groups in total. The lowest BCUT2D eigenvalue weighted by atomic mass is 9.91. The van der Waals surface area contributed by atoms with E-state index in [0.29, 0.717) is 12.3 Å². The fourth-order valence-corrected chi connectivity index (χ4v) is 2.52. The molecule has 2 rings (SSSR count). The van der Waals surface area contributed by atoms with Gasteiger partial charge in [0.1, 0.15) is 0 Å². The van der Waals surface area contributed by atoms with Crippen molar-refractivity contribution in [3.05, 3.63) is 18.0 Å². The predicted molar refractivity (Wildman–Crippen MR) is 70.1 cm³/mol. The lowest BCUT2D eigenvalue weighted by molar-refractivity contribution is -0.118. The molecule has 1 amide bonds. The minimum Gasteiger partial charge on any atom is -0.370 e. The first kappa shape index (κ1) is 13.1. The molecule has 0 aromatic carbocycles. The first-order valence-electron chi connectivity index (χ1n) is 6.72. The molecule has 1 aromatic rings. The fourth-order valence-electron chi connectivity index (χ4n) is 2.52. The van der Waals surface area contributed by atoms with Crippen LogP contribution in [0.2, 0.25) is 0 Å². The van der Waals surface area contributed by atoms with E-state index < -0.39 is 0 Å². The Kier molecular flexibility index (Phi) is 4.36. The Morgan fingerprint density at radius 1 is 1.50 bits per heavy atom. The first-order chi connectivity index (χ1) is 8.69. The molecule has 0 atom stereocenters. The number of carbonyl (C=O) groups excluding carboxylic acids is 1. The zero-order chi connectivity index (χ0) is 13.0. The third-order valence-corrected chi connectivity index (χ3v) is 3.71. The number of carbonyl (C=O) groups is 1. The van der Waals surface area contributed by atoms with E-state index in [4.69, 9.17) is 5.73 Å². The van der Waals surface area contributed by atoms with Crippen LogP contribution in [0, 0.1) is 0 Å². The van der Waals surface area contributed by atoms with E-state index in [1.54, 1.807) is 0 Å². The van der Waals surface area contributed by atoms with E-state index in [0.717, 1.165) is 39.0 Å². The number of amides is 1. The number of nitrogens with zero attached hydrogens (tertiary/aromatic N) is 3. The van der Waals surface area contributed by atoms with Gasteiger partial charge in [0.2, 0.25) is 5.91 Å². The quantitative estimate of drug-likeness (QED) is 0.846. The Labute approximate surface area is 108 Å². The predicted octanol–water partition coefficient (Wildman–Crippen LogP) is 0.958. The van der Waals surface area contributed by atoms with Crippen LogP contribution in [0.1, 0.15) is 37.7 Å². The maximum absolute atomic E-state index is 10.7. The molecule has 100 valence electrons. The Morgan fingerprint density at radius 3 is 2.78 bits per heavy atom. The summed E-state index contributed by atoms with van der Waals surface area (Å²) in [6.45, 7) is 5.93. The van der Waals surface area contributed by atoms with E-state index in [1.165, 1.54) is 5.56 Å². The Morgan fingerprint density at radius 2 is 2.22 bits per heavy atom. The molecule has 1 fully saturated rings. The highest BCUT2D eigenvalue weighted by molar-refractivity contribution is 5.73. The maximum atomic E-state index is 10.7. The number of rotatable bonds is 5. The van der Waals surface area contributed by atoms with E-state index in [1.807, 2.05) is 10.9 Å². The van der Waals surface area contributed by atoms with Gasteiger partial charge in [-0.1, -0.05) is 0 Å². The van der Waals surface area contributed by atoms with Gasteiger partial charge in [0.05, 0.1) is 6.20 Å². The van der Waals surface area contributed by atoms with Crippen LogP contribution in [0.3, 0.4) is 0 Å². The van der Waals surface area contributed by atoms with Gasteiger partial charge in [0.25, 0.3) is 0 Å². The number of aryl methyl sites for hydroxylation is 1. The third-order valence-electron chi connectivity index (χ3n) is 3.71. The molecule has 1 saturated heterocycles. The van der Waals surface area contributed by atoms with Crippen LogP contribution in [-0.4, -0.2) is 40.2 Å². The molecule has 0 unspecified atom stereocenters. The van der Waals surface area contributed by atoms with Crippen LogP contribution < -0.4 is 5.73 Å². The van der Waals surface area contributed by atoms with Gasteiger partial charge < -0.3 is 10.6 Å².